The lowest BCUT2D eigenvalue weighted by atomic mass is 10.3. The summed E-state index contributed by atoms with van der Waals surface area (Å²) >= 11 is 0. The first-order chi connectivity index (χ1) is 8.20. The third-order valence-corrected chi connectivity index (χ3v) is 2.13. The second-order valence-electron chi connectivity index (χ2n) is 3.65. The van der Waals surface area contributed by atoms with Crippen LogP contribution in [0.25, 0.3) is 0 Å². The van der Waals surface area contributed by atoms with Gasteiger partial charge in [-0.05, 0) is 20.0 Å². The van der Waals surface area contributed by atoms with Crippen LogP contribution in [0, 0.1) is 0 Å². The summed E-state index contributed by atoms with van der Waals surface area (Å²) in [4.78, 5) is 22.5. The molecule has 0 fully saturated rings. The average Bonchev–Trinajstić information content (AvgIpc) is 2.30. The van der Waals surface area contributed by atoms with E-state index in [0.29, 0.717) is 32.5 Å². The van der Waals surface area contributed by atoms with Crippen LogP contribution in [-0.4, -0.2) is 52.2 Å². The molecular weight excluding hydrogens is 222 g/mol. The summed E-state index contributed by atoms with van der Waals surface area (Å²) in [6, 6.07) is 0. The molecule has 0 saturated heterocycles. The molecule has 0 aliphatic rings. The van der Waals surface area contributed by atoms with Crippen LogP contribution in [0.4, 0.5) is 0 Å². The van der Waals surface area contributed by atoms with Crippen molar-refractivity contribution in [1.29, 1.82) is 0 Å². The molecular formula is C11H23N3O3. The predicted octanol–water partition coefficient (Wildman–Crippen LogP) is -0.745. The minimum atomic E-state index is -0.0717. The fraction of sp³-hybridized carbons (Fsp3) is 0.818. The number of ether oxygens (including phenoxy) is 1. The van der Waals surface area contributed by atoms with Crippen molar-refractivity contribution in [3.05, 3.63) is 0 Å². The van der Waals surface area contributed by atoms with Crippen molar-refractivity contribution < 1.29 is 14.3 Å². The van der Waals surface area contributed by atoms with Gasteiger partial charge in [-0.25, -0.2) is 0 Å². The van der Waals surface area contributed by atoms with Crippen molar-refractivity contribution in [2.24, 2.45) is 0 Å². The van der Waals surface area contributed by atoms with Gasteiger partial charge in [-0.15, -0.1) is 0 Å². The zero-order valence-corrected chi connectivity index (χ0v) is 10.7. The molecule has 0 aromatic rings. The van der Waals surface area contributed by atoms with E-state index in [0.717, 1.165) is 13.0 Å². The maximum atomic E-state index is 11.3. The standard InChI is InChI=1S/C11H23N3O3/c1-12-6-3-4-10(15)13-7-5-11(16)14-8-9-17-2/h12H,3-9H2,1-2H3,(H,13,15)(H,14,16). The Morgan fingerprint density at radius 3 is 2.29 bits per heavy atom. The first-order valence-electron chi connectivity index (χ1n) is 5.87. The van der Waals surface area contributed by atoms with Gasteiger partial charge in [0.05, 0.1) is 6.61 Å². The van der Waals surface area contributed by atoms with Crippen LogP contribution >= 0.6 is 0 Å². The maximum absolute atomic E-state index is 11.3. The first-order valence-corrected chi connectivity index (χ1v) is 5.87. The summed E-state index contributed by atoms with van der Waals surface area (Å²) < 4.78 is 4.80. The molecule has 3 N–H and O–H groups in total. The highest BCUT2D eigenvalue weighted by atomic mass is 16.5. The summed E-state index contributed by atoms with van der Waals surface area (Å²) in [5, 5.41) is 8.36. The van der Waals surface area contributed by atoms with E-state index in [4.69, 9.17) is 4.74 Å². The van der Waals surface area contributed by atoms with E-state index < -0.39 is 0 Å². The van der Waals surface area contributed by atoms with E-state index in [1.165, 1.54) is 0 Å². The highest BCUT2D eigenvalue weighted by Crippen LogP contribution is 1.87. The molecule has 0 unspecified atom stereocenters. The Kier molecular flexibility index (Phi) is 10.6. The molecule has 0 aliphatic heterocycles. The number of nitrogens with one attached hydrogen (secondary N) is 3. The second kappa shape index (κ2) is 11.3. The normalized spacial score (nSPS) is 10.0. The summed E-state index contributed by atoms with van der Waals surface area (Å²) in [6.45, 7) is 2.22. The zero-order valence-electron chi connectivity index (χ0n) is 10.7. The van der Waals surface area contributed by atoms with Crippen molar-refractivity contribution >= 4 is 11.8 Å². The Labute approximate surface area is 102 Å². The van der Waals surface area contributed by atoms with Gasteiger partial charge in [0.15, 0.2) is 0 Å². The maximum Gasteiger partial charge on any atom is 0.221 e. The predicted molar refractivity (Wildman–Crippen MR) is 65.7 cm³/mol. The smallest absolute Gasteiger partial charge is 0.221 e. The molecule has 0 saturated carbocycles. The molecule has 17 heavy (non-hydrogen) atoms. The quantitative estimate of drug-likeness (QED) is 0.443. The van der Waals surface area contributed by atoms with Gasteiger partial charge in [0.25, 0.3) is 0 Å². The van der Waals surface area contributed by atoms with Crippen LogP contribution in [-0.2, 0) is 14.3 Å². The average molecular weight is 245 g/mol. The number of rotatable bonds is 10. The van der Waals surface area contributed by atoms with Gasteiger partial charge < -0.3 is 20.7 Å². The Morgan fingerprint density at radius 1 is 1.00 bits per heavy atom. The van der Waals surface area contributed by atoms with Crippen LogP contribution in [0.1, 0.15) is 19.3 Å². The molecule has 0 rings (SSSR count). The molecule has 0 aromatic heterocycles. The largest absolute Gasteiger partial charge is 0.383 e. The van der Waals surface area contributed by atoms with Gasteiger partial charge in [-0.1, -0.05) is 0 Å². The van der Waals surface area contributed by atoms with Gasteiger partial charge in [-0.3, -0.25) is 9.59 Å². The Balaban J connectivity index is 3.36. The Bertz CT molecular complexity index is 200. The fourth-order valence-corrected chi connectivity index (χ4v) is 1.21. The summed E-state index contributed by atoms with van der Waals surface area (Å²) in [6.07, 6.45) is 1.61. The molecule has 0 radical (unpaired) electrons. The third-order valence-electron chi connectivity index (χ3n) is 2.13. The van der Waals surface area contributed by atoms with E-state index >= 15 is 0 Å². The summed E-state index contributed by atoms with van der Waals surface area (Å²) in [5.41, 5.74) is 0. The lowest BCUT2D eigenvalue weighted by Crippen LogP contribution is -2.32. The molecule has 6 heteroatoms. The Morgan fingerprint density at radius 2 is 1.65 bits per heavy atom. The highest BCUT2D eigenvalue weighted by Gasteiger charge is 2.03. The van der Waals surface area contributed by atoms with Gasteiger partial charge in [0, 0.05) is 33.0 Å². The first kappa shape index (κ1) is 15.9. The van der Waals surface area contributed by atoms with Crippen LogP contribution in [0.15, 0.2) is 0 Å². The molecule has 100 valence electrons. The van der Waals surface area contributed by atoms with Crippen molar-refractivity contribution in [3.8, 4) is 0 Å². The second-order valence-corrected chi connectivity index (χ2v) is 3.65. The van der Waals surface area contributed by atoms with Gasteiger partial charge in [-0.2, -0.15) is 0 Å². The van der Waals surface area contributed by atoms with Crippen molar-refractivity contribution in [2.75, 3.05) is 40.4 Å². The molecule has 6 nitrogen and oxygen atoms in total. The van der Waals surface area contributed by atoms with Crippen molar-refractivity contribution in [3.63, 3.8) is 0 Å². The van der Waals surface area contributed by atoms with Crippen LogP contribution in [0.2, 0.25) is 0 Å². The topological polar surface area (TPSA) is 79.5 Å². The molecule has 0 spiro atoms. The molecule has 0 heterocycles. The summed E-state index contributed by atoms with van der Waals surface area (Å²) in [7, 11) is 3.43. The molecule has 0 aromatic carbocycles. The molecule has 2 amide bonds. The monoisotopic (exact) mass is 245 g/mol. The minimum Gasteiger partial charge on any atom is -0.383 e. The van der Waals surface area contributed by atoms with E-state index in [9.17, 15) is 9.59 Å². The van der Waals surface area contributed by atoms with E-state index in [1.807, 2.05) is 7.05 Å². The number of amides is 2. The molecule has 0 atom stereocenters. The van der Waals surface area contributed by atoms with Gasteiger partial charge in [0.1, 0.15) is 0 Å². The number of methoxy groups -OCH3 is 1. The number of hydrogen-bond donors (Lipinski definition) is 3. The van der Waals surface area contributed by atoms with Crippen molar-refractivity contribution in [1.82, 2.24) is 16.0 Å². The zero-order chi connectivity index (χ0) is 12.9. The van der Waals surface area contributed by atoms with E-state index in [1.54, 1.807) is 7.11 Å². The number of carbonyl (C=O) groups excluding carboxylic acids is 2. The van der Waals surface area contributed by atoms with Crippen LogP contribution < -0.4 is 16.0 Å². The number of hydrogen-bond acceptors (Lipinski definition) is 4. The lowest BCUT2D eigenvalue weighted by Gasteiger charge is -2.06. The van der Waals surface area contributed by atoms with Gasteiger partial charge >= 0.3 is 0 Å². The van der Waals surface area contributed by atoms with Crippen LogP contribution in [0.3, 0.4) is 0 Å². The van der Waals surface area contributed by atoms with Crippen LogP contribution in [0.5, 0.6) is 0 Å². The summed E-state index contributed by atoms with van der Waals surface area (Å²) in [5.74, 6) is -0.0810. The third kappa shape index (κ3) is 11.1. The number of carbonyl (C=O) groups is 2. The van der Waals surface area contributed by atoms with E-state index in [-0.39, 0.29) is 11.8 Å². The lowest BCUT2D eigenvalue weighted by molar-refractivity contribution is -0.122. The highest BCUT2D eigenvalue weighted by molar-refractivity contribution is 5.78. The van der Waals surface area contributed by atoms with Gasteiger partial charge in [0.2, 0.25) is 11.8 Å². The SMILES string of the molecule is CNCCCC(=O)NCCC(=O)NCCOC. The minimum absolute atomic E-state index is 0.00931. The Hall–Kier alpha value is -1.14. The molecule has 0 aliphatic carbocycles. The van der Waals surface area contributed by atoms with Crippen molar-refractivity contribution in [2.45, 2.75) is 19.3 Å². The van der Waals surface area contributed by atoms with E-state index in [2.05, 4.69) is 16.0 Å². The molecule has 0 bridgehead atoms. The fourth-order valence-electron chi connectivity index (χ4n) is 1.21.